The van der Waals surface area contributed by atoms with Crippen molar-refractivity contribution in [1.82, 2.24) is 9.80 Å². The van der Waals surface area contributed by atoms with E-state index in [0.29, 0.717) is 23.8 Å². The molecule has 1 atom stereocenters. The third kappa shape index (κ3) is 6.33. The molecule has 0 aromatic heterocycles. The highest BCUT2D eigenvalue weighted by molar-refractivity contribution is 5.85. The van der Waals surface area contributed by atoms with Crippen LogP contribution in [0.3, 0.4) is 0 Å². The van der Waals surface area contributed by atoms with E-state index in [-0.39, 0.29) is 31.4 Å². The molecule has 0 spiro atoms. The van der Waals surface area contributed by atoms with Gasteiger partial charge in [-0.05, 0) is 6.07 Å². The highest BCUT2D eigenvalue weighted by atomic mass is 35.5. The molecule has 1 aromatic carbocycles. The SMILES string of the molecule is COc1ccc(CN2CCN(CC(O)CO)CC2)c(OC)c1OC.Cl.Cl. The van der Waals surface area contributed by atoms with E-state index in [1.165, 1.54) is 0 Å². The minimum Gasteiger partial charge on any atom is -0.493 e. The van der Waals surface area contributed by atoms with Gasteiger partial charge in [-0.15, -0.1) is 24.8 Å². The molecule has 7 nitrogen and oxygen atoms in total. The van der Waals surface area contributed by atoms with Crippen molar-refractivity contribution in [3.8, 4) is 17.2 Å². The first-order chi connectivity index (χ1) is 11.6. The van der Waals surface area contributed by atoms with E-state index < -0.39 is 6.10 Å². The first-order valence-electron chi connectivity index (χ1n) is 8.14. The molecule has 26 heavy (non-hydrogen) atoms. The molecule has 1 heterocycles. The van der Waals surface area contributed by atoms with Crippen molar-refractivity contribution in [2.75, 3.05) is 60.7 Å². The van der Waals surface area contributed by atoms with Gasteiger partial charge in [-0.1, -0.05) is 6.07 Å². The van der Waals surface area contributed by atoms with Crippen LogP contribution in [0.4, 0.5) is 0 Å². The monoisotopic (exact) mass is 412 g/mol. The van der Waals surface area contributed by atoms with Crippen LogP contribution < -0.4 is 14.2 Å². The fourth-order valence-electron chi connectivity index (χ4n) is 3.01. The van der Waals surface area contributed by atoms with Gasteiger partial charge in [0.25, 0.3) is 0 Å². The molecule has 1 aliphatic rings. The molecule has 1 unspecified atom stereocenters. The number of hydrogen-bond donors (Lipinski definition) is 2. The van der Waals surface area contributed by atoms with Crippen LogP contribution in [0.1, 0.15) is 5.56 Å². The summed E-state index contributed by atoms with van der Waals surface area (Å²) in [4.78, 5) is 4.51. The number of rotatable bonds is 8. The molecule has 1 saturated heterocycles. The van der Waals surface area contributed by atoms with Crippen molar-refractivity contribution < 1.29 is 24.4 Å². The van der Waals surface area contributed by atoms with E-state index in [0.717, 1.165) is 38.3 Å². The minimum atomic E-state index is -0.664. The van der Waals surface area contributed by atoms with Crippen LogP contribution in [0.25, 0.3) is 0 Å². The fourth-order valence-corrected chi connectivity index (χ4v) is 3.01. The Kier molecular flexibility index (Phi) is 12.0. The zero-order valence-corrected chi connectivity index (χ0v) is 17.1. The van der Waals surface area contributed by atoms with Crippen LogP contribution in [0.5, 0.6) is 17.2 Å². The third-order valence-electron chi connectivity index (χ3n) is 4.32. The number of halogens is 2. The Morgan fingerprint density at radius 2 is 1.50 bits per heavy atom. The summed E-state index contributed by atoms with van der Waals surface area (Å²) >= 11 is 0. The normalized spacial score (nSPS) is 16.2. The molecule has 2 rings (SSSR count). The van der Waals surface area contributed by atoms with E-state index in [4.69, 9.17) is 19.3 Å². The Morgan fingerprint density at radius 3 is 2.00 bits per heavy atom. The second-order valence-corrected chi connectivity index (χ2v) is 5.91. The number of methoxy groups -OCH3 is 3. The van der Waals surface area contributed by atoms with Gasteiger partial charge in [-0.25, -0.2) is 0 Å². The van der Waals surface area contributed by atoms with Crippen LogP contribution in [0, 0.1) is 0 Å². The molecular formula is C17H30Cl2N2O5. The average molecular weight is 413 g/mol. The topological polar surface area (TPSA) is 74.6 Å². The second kappa shape index (κ2) is 12.4. The summed E-state index contributed by atoms with van der Waals surface area (Å²) in [7, 11) is 4.85. The van der Waals surface area contributed by atoms with Gasteiger partial charge in [0, 0.05) is 44.8 Å². The smallest absolute Gasteiger partial charge is 0.203 e. The number of hydrogen-bond acceptors (Lipinski definition) is 7. The Labute approximate surface area is 167 Å². The van der Waals surface area contributed by atoms with Gasteiger partial charge < -0.3 is 24.4 Å². The predicted octanol–water partition coefficient (Wildman–Crippen LogP) is 1.03. The highest BCUT2D eigenvalue weighted by Gasteiger charge is 2.22. The summed E-state index contributed by atoms with van der Waals surface area (Å²) in [6.07, 6.45) is -0.664. The lowest BCUT2D eigenvalue weighted by atomic mass is 10.1. The predicted molar refractivity (Wildman–Crippen MR) is 105 cm³/mol. The number of nitrogens with zero attached hydrogens (tertiary/aromatic N) is 2. The number of aliphatic hydroxyl groups excluding tert-OH is 2. The number of ether oxygens (including phenoxy) is 3. The first kappa shape index (κ1) is 25.0. The molecule has 0 aliphatic carbocycles. The fraction of sp³-hybridized carbons (Fsp3) is 0.647. The number of aliphatic hydroxyl groups is 2. The standard InChI is InChI=1S/C17H28N2O5.2ClH/c1-22-15-5-4-13(16(23-2)17(15)24-3)10-18-6-8-19(9-7-18)11-14(21)12-20;;/h4-5,14,20-21H,6-12H2,1-3H3;2*1H. The number of benzene rings is 1. The molecule has 1 aromatic rings. The van der Waals surface area contributed by atoms with Gasteiger partial charge in [-0.2, -0.15) is 0 Å². The maximum atomic E-state index is 9.54. The Balaban J connectivity index is 0.00000312. The molecule has 0 saturated carbocycles. The van der Waals surface area contributed by atoms with Crippen molar-refractivity contribution in [3.05, 3.63) is 17.7 Å². The molecule has 0 amide bonds. The minimum absolute atomic E-state index is 0. The Hall–Kier alpha value is -0.960. The van der Waals surface area contributed by atoms with Gasteiger partial charge >= 0.3 is 0 Å². The average Bonchev–Trinajstić information content (AvgIpc) is 2.62. The van der Waals surface area contributed by atoms with Crippen LogP contribution in [-0.4, -0.2) is 86.8 Å². The number of piperazine rings is 1. The lowest BCUT2D eigenvalue weighted by molar-refractivity contribution is 0.0382. The first-order valence-corrected chi connectivity index (χ1v) is 8.14. The Bertz CT molecular complexity index is 528. The largest absolute Gasteiger partial charge is 0.493 e. The zero-order valence-electron chi connectivity index (χ0n) is 15.5. The van der Waals surface area contributed by atoms with Gasteiger partial charge in [0.15, 0.2) is 11.5 Å². The molecule has 0 radical (unpaired) electrons. The molecule has 2 N–H and O–H groups in total. The van der Waals surface area contributed by atoms with Gasteiger partial charge in [-0.3, -0.25) is 9.80 Å². The molecular weight excluding hydrogens is 383 g/mol. The maximum Gasteiger partial charge on any atom is 0.203 e. The van der Waals surface area contributed by atoms with E-state index in [9.17, 15) is 5.11 Å². The summed E-state index contributed by atoms with van der Waals surface area (Å²) in [5, 5.41) is 18.5. The zero-order chi connectivity index (χ0) is 17.5. The van der Waals surface area contributed by atoms with Gasteiger partial charge in [0.2, 0.25) is 5.75 Å². The van der Waals surface area contributed by atoms with Crippen molar-refractivity contribution in [1.29, 1.82) is 0 Å². The Morgan fingerprint density at radius 1 is 0.923 bits per heavy atom. The van der Waals surface area contributed by atoms with Crippen LogP contribution in [0.15, 0.2) is 12.1 Å². The molecule has 1 aliphatic heterocycles. The van der Waals surface area contributed by atoms with Crippen molar-refractivity contribution >= 4 is 24.8 Å². The van der Waals surface area contributed by atoms with Gasteiger partial charge in [0.1, 0.15) is 0 Å². The van der Waals surface area contributed by atoms with Crippen LogP contribution in [0.2, 0.25) is 0 Å². The maximum absolute atomic E-state index is 9.54. The van der Waals surface area contributed by atoms with E-state index in [1.54, 1.807) is 21.3 Å². The summed E-state index contributed by atoms with van der Waals surface area (Å²) < 4.78 is 16.3. The molecule has 0 bridgehead atoms. The van der Waals surface area contributed by atoms with Crippen LogP contribution in [-0.2, 0) is 6.54 Å². The molecule has 9 heteroatoms. The van der Waals surface area contributed by atoms with E-state index in [1.807, 2.05) is 12.1 Å². The van der Waals surface area contributed by atoms with Gasteiger partial charge in [0.05, 0.1) is 34.0 Å². The van der Waals surface area contributed by atoms with Crippen molar-refractivity contribution in [2.24, 2.45) is 0 Å². The third-order valence-corrected chi connectivity index (χ3v) is 4.32. The number of β-amino-alcohol motifs (C(OH)–C–C–N with tert-alkyl or cyclic N) is 1. The van der Waals surface area contributed by atoms with E-state index >= 15 is 0 Å². The quantitative estimate of drug-likeness (QED) is 0.660. The lowest BCUT2D eigenvalue weighted by Gasteiger charge is -2.35. The van der Waals surface area contributed by atoms with E-state index in [2.05, 4.69) is 9.80 Å². The highest BCUT2D eigenvalue weighted by Crippen LogP contribution is 2.40. The summed E-state index contributed by atoms with van der Waals surface area (Å²) in [6.45, 7) is 4.62. The molecule has 152 valence electrons. The summed E-state index contributed by atoms with van der Waals surface area (Å²) in [5.74, 6) is 1.97. The van der Waals surface area contributed by atoms with Crippen molar-refractivity contribution in [2.45, 2.75) is 12.6 Å². The summed E-state index contributed by atoms with van der Waals surface area (Å²) in [6, 6.07) is 3.90. The summed E-state index contributed by atoms with van der Waals surface area (Å²) in [5.41, 5.74) is 1.05. The lowest BCUT2D eigenvalue weighted by Crippen LogP contribution is -2.48. The second-order valence-electron chi connectivity index (χ2n) is 5.91. The van der Waals surface area contributed by atoms with Crippen LogP contribution >= 0.6 is 24.8 Å². The van der Waals surface area contributed by atoms with Crippen molar-refractivity contribution in [3.63, 3.8) is 0 Å². The molecule has 1 fully saturated rings.